The van der Waals surface area contributed by atoms with Crippen LogP contribution in [0.4, 0.5) is 4.79 Å². The van der Waals surface area contributed by atoms with E-state index in [9.17, 15) is 14.4 Å². The van der Waals surface area contributed by atoms with Crippen LogP contribution in [-0.4, -0.2) is 34.5 Å². The number of amides is 3. The molecule has 0 aliphatic carbocycles. The monoisotopic (exact) mass is 463 g/mol. The molecule has 2 N–H and O–H groups in total. The molecule has 7 heteroatoms. The van der Waals surface area contributed by atoms with Gasteiger partial charge in [-0.15, -0.1) is 0 Å². The van der Waals surface area contributed by atoms with Crippen molar-refractivity contribution in [3.8, 4) is 12.5 Å². The van der Waals surface area contributed by atoms with Crippen LogP contribution in [-0.2, 0) is 20.9 Å². The van der Waals surface area contributed by atoms with Crippen LogP contribution in [0, 0.1) is 26.3 Å². The molecule has 34 heavy (non-hydrogen) atoms. The van der Waals surface area contributed by atoms with E-state index in [4.69, 9.17) is 11.2 Å². The predicted molar refractivity (Wildman–Crippen MR) is 131 cm³/mol. The topological polar surface area (TPSA) is 87.7 Å². The highest BCUT2D eigenvalue weighted by molar-refractivity contribution is 5.93. The van der Waals surface area contributed by atoms with E-state index in [-0.39, 0.29) is 6.54 Å². The average molecular weight is 464 g/mol. The average Bonchev–Trinajstić information content (AvgIpc) is 2.77. The molecule has 7 nitrogen and oxygen atoms in total. The maximum atomic E-state index is 13.4. The van der Waals surface area contributed by atoms with Crippen LogP contribution in [0.2, 0.25) is 0 Å². The largest absolute Gasteiger partial charge is 0.444 e. The minimum absolute atomic E-state index is 0.277. The van der Waals surface area contributed by atoms with E-state index < -0.39 is 35.6 Å². The summed E-state index contributed by atoms with van der Waals surface area (Å²) in [5.41, 5.74) is 2.61. The van der Waals surface area contributed by atoms with Gasteiger partial charge in [0.15, 0.2) is 0 Å². The van der Waals surface area contributed by atoms with Gasteiger partial charge < -0.3 is 15.4 Å². The summed E-state index contributed by atoms with van der Waals surface area (Å²) in [6, 6.07) is 15.2. The molecule has 0 saturated carbocycles. The van der Waals surface area contributed by atoms with Crippen molar-refractivity contribution in [3.63, 3.8) is 0 Å². The third kappa shape index (κ3) is 7.11. The van der Waals surface area contributed by atoms with E-state index in [1.807, 2.05) is 56.3 Å². The van der Waals surface area contributed by atoms with Gasteiger partial charge in [-0.1, -0.05) is 55.0 Å². The fraction of sp³-hybridized carbons (Fsp3) is 0.370. The SMILES string of the molecule is C#CN(C(=O)C(C)NC(=O)OC(C)(C)C)C(C(=O)NCc1ccccc1)c1cccc(C)c1C. The molecule has 180 valence electrons. The molecule has 2 aromatic rings. The zero-order chi connectivity index (χ0) is 25.5. The predicted octanol–water partition coefficient (Wildman–Crippen LogP) is 3.99. The van der Waals surface area contributed by atoms with Crippen molar-refractivity contribution >= 4 is 17.9 Å². The van der Waals surface area contributed by atoms with Gasteiger partial charge in [0.1, 0.15) is 17.7 Å². The number of carbonyl (C=O) groups is 3. The highest BCUT2D eigenvalue weighted by Crippen LogP contribution is 2.27. The van der Waals surface area contributed by atoms with Gasteiger partial charge in [-0.3, -0.25) is 14.5 Å². The zero-order valence-electron chi connectivity index (χ0n) is 20.6. The van der Waals surface area contributed by atoms with Crippen LogP contribution in [0.15, 0.2) is 48.5 Å². The lowest BCUT2D eigenvalue weighted by atomic mass is 9.95. The number of terminal acetylenes is 1. The Morgan fingerprint density at radius 1 is 1.06 bits per heavy atom. The van der Waals surface area contributed by atoms with Gasteiger partial charge in [-0.2, -0.15) is 0 Å². The fourth-order valence-electron chi connectivity index (χ4n) is 3.37. The number of benzene rings is 2. The van der Waals surface area contributed by atoms with E-state index >= 15 is 0 Å². The van der Waals surface area contributed by atoms with E-state index in [1.54, 1.807) is 26.8 Å². The zero-order valence-corrected chi connectivity index (χ0v) is 20.6. The third-order valence-corrected chi connectivity index (χ3v) is 5.24. The van der Waals surface area contributed by atoms with E-state index in [2.05, 4.69) is 16.7 Å². The molecule has 0 radical (unpaired) electrons. The molecule has 0 spiro atoms. The summed E-state index contributed by atoms with van der Waals surface area (Å²) in [5, 5.41) is 5.38. The normalized spacial score (nSPS) is 12.6. The Labute approximate surface area is 201 Å². The first-order chi connectivity index (χ1) is 15.9. The maximum Gasteiger partial charge on any atom is 0.408 e. The molecule has 2 aromatic carbocycles. The molecule has 3 amide bonds. The minimum Gasteiger partial charge on any atom is -0.444 e. The Morgan fingerprint density at radius 3 is 2.29 bits per heavy atom. The number of carbonyl (C=O) groups excluding carboxylic acids is 3. The van der Waals surface area contributed by atoms with Crippen LogP contribution >= 0.6 is 0 Å². The van der Waals surface area contributed by atoms with Crippen LogP contribution in [0.25, 0.3) is 0 Å². The van der Waals surface area contributed by atoms with E-state index in [0.717, 1.165) is 21.6 Å². The molecular weight excluding hydrogens is 430 g/mol. The first-order valence-electron chi connectivity index (χ1n) is 11.1. The summed E-state index contributed by atoms with van der Waals surface area (Å²) in [7, 11) is 0. The van der Waals surface area contributed by atoms with E-state index in [0.29, 0.717) is 5.56 Å². The lowest BCUT2D eigenvalue weighted by Gasteiger charge is -2.30. The van der Waals surface area contributed by atoms with Crippen LogP contribution < -0.4 is 10.6 Å². The smallest absolute Gasteiger partial charge is 0.408 e. The van der Waals surface area contributed by atoms with Gasteiger partial charge in [-0.25, -0.2) is 4.79 Å². The first-order valence-corrected chi connectivity index (χ1v) is 11.1. The summed E-state index contributed by atoms with van der Waals surface area (Å²) in [5.74, 6) is -1.03. The van der Waals surface area contributed by atoms with Gasteiger partial charge in [-0.05, 0) is 63.8 Å². The number of nitrogens with zero attached hydrogens (tertiary/aromatic N) is 1. The number of hydrogen-bond acceptors (Lipinski definition) is 4. The number of nitrogens with one attached hydrogen (secondary N) is 2. The van der Waals surface area contributed by atoms with Gasteiger partial charge in [0.25, 0.3) is 5.91 Å². The van der Waals surface area contributed by atoms with Crippen molar-refractivity contribution in [2.45, 2.75) is 65.8 Å². The highest BCUT2D eigenvalue weighted by atomic mass is 16.6. The van der Waals surface area contributed by atoms with Crippen LogP contribution in [0.5, 0.6) is 0 Å². The Hall–Kier alpha value is -3.79. The van der Waals surface area contributed by atoms with Crippen molar-refractivity contribution < 1.29 is 19.1 Å². The quantitative estimate of drug-likeness (QED) is 0.480. The second-order valence-corrected chi connectivity index (χ2v) is 9.10. The Morgan fingerprint density at radius 2 is 1.71 bits per heavy atom. The first kappa shape index (κ1) is 26.5. The fourth-order valence-corrected chi connectivity index (χ4v) is 3.37. The van der Waals surface area contributed by atoms with Crippen molar-refractivity contribution in [3.05, 3.63) is 70.8 Å². The molecule has 0 bridgehead atoms. The van der Waals surface area contributed by atoms with Gasteiger partial charge in [0, 0.05) is 12.6 Å². The van der Waals surface area contributed by atoms with Gasteiger partial charge in [0.05, 0.1) is 0 Å². The Balaban J connectivity index is 2.34. The molecule has 2 atom stereocenters. The lowest BCUT2D eigenvalue weighted by Crippen LogP contribution is -2.50. The van der Waals surface area contributed by atoms with Crippen molar-refractivity contribution in [1.82, 2.24) is 15.5 Å². The summed E-state index contributed by atoms with van der Waals surface area (Å²) < 4.78 is 5.24. The summed E-state index contributed by atoms with van der Waals surface area (Å²) in [4.78, 5) is 39.9. The van der Waals surface area contributed by atoms with Crippen molar-refractivity contribution in [2.75, 3.05) is 0 Å². The summed E-state index contributed by atoms with van der Waals surface area (Å²) in [6.07, 6.45) is 5.00. The third-order valence-electron chi connectivity index (χ3n) is 5.24. The molecule has 0 aromatic heterocycles. The maximum absolute atomic E-state index is 13.4. The number of aryl methyl sites for hydroxylation is 1. The minimum atomic E-state index is -1.08. The molecule has 0 saturated heterocycles. The lowest BCUT2D eigenvalue weighted by molar-refractivity contribution is -0.138. The number of rotatable bonds is 7. The number of alkyl carbamates (subject to hydrolysis) is 1. The number of ether oxygens (including phenoxy) is 1. The second-order valence-electron chi connectivity index (χ2n) is 9.10. The molecule has 0 fully saturated rings. The molecule has 0 heterocycles. The summed E-state index contributed by atoms with van der Waals surface area (Å²) >= 11 is 0. The van der Waals surface area contributed by atoms with Crippen LogP contribution in [0.3, 0.4) is 0 Å². The van der Waals surface area contributed by atoms with E-state index in [1.165, 1.54) is 6.92 Å². The van der Waals surface area contributed by atoms with Crippen molar-refractivity contribution in [2.24, 2.45) is 0 Å². The number of hydrogen-bond donors (Lipinski definition) is 2. The van der Waals surface area contributed by atoms with Gasteiger partial charge in [0.2, 0.25) is 5.91 Å². The highest BCUT2D eigenvalue weighted by Gasteiger charge is 2.35. The standard InChI is InChI=1S/C27H33N3O4/c1-8-30(25(32)20(4)29-26(33)34-27(5,6)7)23(22-16-12-13-18(2)19(22)3)24(31)28-17-21-14-10-9-11-15-21/h1,9-16,20,23H,17H2,2-7H3,(H,28,31)(H,29,33). The Bertz CT molecular complexity index is 1070. The van der Waals surface area contributed by atoms with Gasteiger partial charge >= 0.3 is 6.09 Å². The molecule has 0 aliphatic heterocycles. The molecule has 2 unspecified atom stereocenters. The van der Waals surface area contributed by atoms with Crippen molar-refractivity contribution in [1.29, 1.82) is 0 Å². The molecular formula is C27H33N3O4. The summed E-state index contributed by atoms with van der Waals surface area (Å²) in [6.45, 7) is 10.7. The van der Waals surface area contributed by atoms with Crippen LogP contribution in [0.1, 0.15) is 56.0 Å². The Kier molecular flexibility index (Phi) is 8.85. The second kappa shape index (κ2) is 11.4. The molecule has 2 rings (SSSR count). The molecule has 0 aliphatic rings.